The van der Waals surface area contributed by atoms with Gasteiger partial charge in [-0.15, -0.1) is 0 Å². The van der Waals surface area contributed by atoms with Gasteiger partial charge in [-0.2, -0.15) is 0 Å². The SMILES string of the molecule is Nc1ncc2c(n1)C(=O)c1cc(Cl)ccc1-2. The second-order valence-corrected chi connectivity index (χ2v) is 3.95. The number of carbonyl (C=O) groups is 1. The van der Waals surface area contributed by atoms with Crippen molar-refractivity contribution in [2.75, 3.05) is 5.73 Å². The summed E-state index contributed by atoms with van der Waals surface area (Å²) in [6.45, 7) is 0. The number of anilines is 1. The third-order valence-corrected chi connectivity index (χ3v) is 2.77. The molecule has 4 nitrogen and oxygen atoms in total. The number of rotatable bonds is 0. The summed E-state index contributed by atoms with van der Waals surface area (Å²) in [5.74, 6) is -0.0485. The lowest BCUT2D eigenvalue weighted by Crippen LogP contribution is -2.02. The maximum atomic E-state index is 12.0. The Labute approximate surface area is 96.1 Å². The van der Waals surface area contributed by atoms with Crippen molar-refractivity contribution in [2.45, 2.75) is 0 Å². The molecule has 0 unspecified atom stereocenters. The van der Waals surface area contributed by atoms with Crippen LogP contribution in [0.3, 0.4) is 0 Å². The molecule has 2 N–H and O–H groups in total. The number of nitrogens with zero attached hydrogens (tertiary/aromatic N) is 2. The quantitative estimate of drug-likeness (QED) is 0.642. The van der Waals surface area contributed by atoms with Crippen LogP contribution in [-0.4, -0.2) is 15.8 Å². The van der Waals surface area contributed by atoms with Crippen LogP contribution in [0, 0.1) is 0 Å². The lowest BCUT2D eigenvalue weighted by molar-refractivity contribution is 0.103. The Hall–Kier alpha value is -1.94. The first-order valence-electron chi connectivity index (χ1n) is 4.64. The molecule has 2 aromatic rings. The molecule has 1 aliphatic carbocycles. The van der Waals surface area contributed by atoms with Gasteiger partial charge in [-0.3, -0.25) is 4.79 Å². The summed E-state index contributed by atoms with van der Waals surface area (Å²) >= 11 is 5.85. The molecule has 1 aromatic heterocycles. The molecule has 1 heterocycles. The molecule has 0 atom stereocenters. The second kappa shape index (κ2) is 3.02. The molecule has 0 radical (unpaired) electrons. The van der Waals surface area contributed by atoms with Crippen LogP contribution >= 0.6 is 11.6 Å². The smallest absolute Gasteiger partial charge is 0.220 e. The summed E-state index contributed by atoms with van der Waals surface area (Å²) in [6, 6.07) is 5.16. The van der Waals surface area contributed by atoms with Crippen molar-refractivity contribution in [3.63, 3.8) is 0 Å². The lowest BCUT2D eigenvalue weighted by Gasteiger charge is -1.98. The van der Waals surface area contributed by atoms with E-state index in [1.807, 2.05) is 0 Å². The first-order valence-corrected chi connectivity index (χ1v) is 5.02. The number of nitrogen functional groups attached to an aromatic ring is 1. The Morgan fingerprint density at radius 1 is 1.19 bits per heavy atom. The Bertz CT molecular complexity index is 571. The fourth-order valence-corrected chi connectivity index (χ4v) is 2.00. The number of ketones is 1. The number of fused-ring (bicyclic) bond motifs is 3. The van der Waals surface area contributed by atoms with Crippen molar-refractivity contribution in [1.82, 2.24) is 9.97 Å². The van der Waals surface area contributed by atoms with Crippen LogP contribution in [-0.2, 0) is 0 Å². The van der Waals surface area contributed by atoms with E-state index in [9.17, 15) is 4.79 Å². The first kappa shape index (κ1) is 9.30. The molecule has 0 saturated carbocycles. The maximum Gasteiger partial charge on any atom is 0.220 e. The van der Waals surface area contributed by atoms with E-state index < -0.39 is 0 Å². The van der Waals surface area contributed by atoms with Crippen molar-refractivity contribution in [2.24, 2.45) is 0 Å². The highest BCUT2D eigenvalue weighted by molar-refractivity contribution is 6.32. The lowest BCUT2D eigenvalue weighted by atomic mass is 10.1. The van der Waals surface area contributed by atoms with E-state index in [0.717, 1.165) is 5.56 Å². The van der Waals surface area contributed by atoms with Gasteiger partial charge in [0, 0.05) is 22.3 Å². The van der Waals surface area contributed by atoms with Gasteiger partial charge in [-0.25, -0.2) is 9.97 Å². The molecule has 0 amide bonds. The monoisotopic (exact) mass is 231 g/mol. The normalized spacial score (nSPS) is 12.4. The van der Waals surface area contributed by atoms with E-state index >= 15 is 0 Å². The molecule has 0 aliphatic heterocycles. The van der Waals surface area contributed by atoms with Crippen LogP contribution in [0.2, 0.25) is 5.02 Å². The van der Waals surface area contributed by atoms with E-state index in [1.54, 1.807) is 24.4 Å². The number of nitrogens with two attached hydrogens (primary N) is 1. The van der Waals surface area contributed by atoms with Crippen LogP contribution < -0.4 is 5.73 Å². The molecule has 0 saturated heterocycles. The van der Waals surface area contributed by atoms with Gasteiger partial charge in [0.15, 0.2) is 0 Å². The van der Waals surface area contributed by atoms with Crippen molar-refractivity contribution in [3.05, 3.63) is 40.7 Å². The molecule has 1 aliphatic rings. The number of carbonyl (C=O) groups excluding carboxylic acids is 1. The molecular weight excluding hydrogens is 226 g/mol. The fourth-order valence-electron chi connectivity index (χ4n) is 1.83. The molecule has 0 spiro atoms. The van der Waals surface area contributed by atoms with Crippen LogP contribution in [0.15, 0.2) is 24.4 Å². The number of halogens is 1. The Balaban J connectivity index is 2.34. The molecule has 3 rings (SSSR count). The third-order valence-electron chi connectivity index (χ3n) is 2.54. The van der Waals surface area contributed by atoms with Crippen molar-refractivity contribution >= 4 is 23.3 Å². The Morgan fingerprint density at radius 2 is 2.00 bits per heavy atom. The average Bonchev–Trinajstić information content (AvgIpc) is 2.53. The van der Waals surface area contributed by atoms with E-state index in [2.05, 4.69) is 9.97 Å². The van der Waals surface area contributed by atoms with Gasteiger partial charge in [0.2, 0.25) is 11.7 Å². The number of hydrogen-bond acceptors (Lipinski definition) is 4. The summed E-state index contributed by atoms with van der Waals surface area (Å²) in [5.41, 5.74) is 7.89. The number of benzene rings is 1. The Morgan fingerprint density at radius 3 is 2.81 bits per heavy atom. The van der Waals surface area contributed by atoms with Crippen LogP contribution in [0.4, 0.5) is 5.95 Å². The van der Waals surface area contributed by atoms with Crippen molar-refractivity contribution < 1.29 is 4.79 Å². The van der Waals surface area contributed by atoms with Gasteiger partial charge < -0.3 is 5.73 Å². The van der Waals surface area contributed by atoms with Crippen molar-refractivity contribution in [3.8, 4) is 11.1 Å². The van der Waals surface area contributed by atoms with E-state index in [1.165, 1.54) is 0 Å². The summed E-state index contributed by atoms with van der Waals surface area (Å²) in [4.78, 5) is 19.8. The summed E-state index contributed by atoms with van der Waals surface area (Å²) in [7, 11) is 0. The van der Waals surface area contributed by atoms with Crippen molar-refractivity contribution in [1.29, 1.82) is 0 Å². The van der Waals surface area contributed by atoms with Crippen LogP contribution in [0.25, 0.3) is 11.1 Å². The van der Waals surface area contributed by atoms with E-state index in [-0.39, 0.29) is 11.7 Å². The zero-order valence-electron chi connectivity index (χ0n) is 8.07. The largest absolute Gasteiger partial charge is 0.368 e. The molecule has 16 heavy (non-hydrogen) atoms. The molecule has 0 fully saturated rings. The average molecular weight is 232 g/mol. The predicted octanol–water partition coefficient (Wildman–Crippen LogP) is 1.92. The first-order chi connectivity index (χ1) is 7.66. The third kappa shape index (κ3) is 1.13. The highest BCUT2D eigenvalue weighted by Crippen LogP contribution is 2.36. The summed E-state index contributed by atoms with van der Waals surface area (Å²) < 4.78 is 0. The zero-order chi connectivity index (χ0) is 11.3. The second-order valence-electron chi connectivity index (χ2n) is 3.51. The van der Waals surface area contributed by atoms with Gasteiger partial charge in [-0.1, -0.05) is 17.7 Å². The molecular formula is C11H6ClN3O. The molecule has 5 heteroatoms. The predicted molar refractivity (Wildman–Crippen MR) is 60.3 cm³/mol. The van der Waals surface area contributed by atoms with Gasteiger partial charge in [0.25, 0.3) is 0 Å². The fraction of sp³-hybridized carbons (Fsp3) is 0. The standard InChI is InChI=1S/C11H6ClN3O/c12-5-1-2-6-7(3-5)10(16)9-8(6)4-14-11(13)15-9/h1-4H,(H2,13,14,15). The minimum Gasteiger partial charge on any atom is -0.368 e. The molecule has 1 aromatic carbocycles. The van der Waals surface area contributed by atoms with Crippen LogP contribution in [0.1, 0.15) is 16.1 Å². The topological polar surface area (TPSA) is 68.9 Å². The van der Waals surface area contributed by atoms with Gasteiger partial charge in [0.05, 0.1) is 0 Å². The highest BCUT2D eigenvalue weighted by atomic mass is 35.5. The minimum absolute atomic E-state index is 0.103. The molecule has 0 bridgehead atoms. The summed E-state index contributed by atoms with van der Waals surface area (Å²) in [6.07, 6.45) is 1.56. The maximum absolute atomic E-state index is 12.0. The zero-order valence-corrected chi connectivity index (χ0v) is 8.82. The van der Waals surface area contributed by atoms with Crippen LogP contribution in [0.5, 0.6) is 0 Å². The van der Waals surface area contributed by atoms with E-state index in [0.29, 0.717) is 21.8 Å². The number of hydrogen-bond donors (Lipinski definition) is 1. The number of aromatic nitrogens is 2. The van der Waals surface area contributed by atoms with E-state index in [4.69, 9.17) is 17.3 Å². The van der Waals surface area contributed by atoms with Gasteiger partial charge in [-0.05, 0) is 17.7 Å². The molecule has 78 valence electrons. The Kier molecular flexibility index (Phi) is 1.76. The van der Waals surface area contributed by atoms with Gasteiger partial charge in [0.1, 0.15) is 5.69 Å². The highest BCUT2D eigenvalue weighted by Gasteiger charge is 2.28. The minimum atomic E-state index is -0.151. The summed E-state index contributed by atoms with van der Waals surface area (Å²) in [5, 5.41) is 0.529. The van der Waals surface area contributed by atoms with Gasteiger partial charge >= 0.3 is 0 Å².